The van der Waals surface area contributed by atoms with Gasteiger partial charge >= 0.3 is 0 Å². The van der Waals surface area contributed by atoms with E-state index in [1.165, 1.54) is 21.6 Å². The van der Waals surface area contributed by atoms with Gasteiger partial charge in [-0.3, -0.25) is 0 Å². The van der Waals surface area contributed by atoms with Gasteiger partial charge in [-0.1, -0.05) is 11.6 Å². The third-order valence-corrected chi connectivity index (χ3v) is 3.24. The van der Waals surface area contributed by atoms with Crippen LogP contribution in [0.4, 0.5) is 0 Å². The molecule has 0 unspecified atom stereocenters. The fourth-order valence-corrected chi connectivity index (χ4v) is 2.23. The SMILES string of the molecule is Cc1cc2c(C)nsc2cc1Cl. The van der Waals surface area contributed by atoms with Crippen molar-refractivity contribution in [3.63, 3.8) is 0 Å². The lowest BCUT2D eigenvalue weighted by Crippen LogP contribution is -1.75. The first-order valence-corrected chi connectivity index (χ1v) is 4.86. The van der Waals surface area contributed by atoms with Gasteiger partial charge in [-0.15, -0.1) is 0 Å². The molecule has 0 radical (unpaired) electrons. The molecule has 0 saturated carbocycles. The highest BCUT2D eigenvalue weighted by Crippen LogP contribution is 2.28. The summed E-state index contributed by atoms with van der Waals surface area (Å²) in [5, 5.41) is 2.05. The minimum atomic E-state index is 0.825. The Balaban J connectivity index is 2.87. The zero-order valence-electron chi connectivity index (χ0n) is 6.89. The first-order chi connectivity index (χ1) is 5.68. The van der Waals surface area contributed by atoms with Gasteiger partial charge in [0.2, 0.25) is 0 Å². The number of fused-ring (bicyclic) bond motifs is 1. The molecule has 0 N–H and O–H groups in total. The molecule has 1 aromatic carbocycles. The van der Waals surface area contributed by atoms with Crippen molar-refractivity contribution in [2.24, 2.45) is 0 Å². The van der Waals surface area contributed by atoms with E-state index in [9.17, 15) is 0 Å². The number of aromatic nitrogens is 1. The standard InChI is InChI=1S/C9H8ClNS/c1-5-3-7-6(2)11-12-9(7)4-8(5)10/h3-4H,1-2H3. The van der Waals surface area contributed by atoms with E-state index in [2.05, 4.69) is 10.4 Å². The Bertz CT molecular complexity index is 433. The largest absolute Gasteiger partial charge is 0.197 e. The van der Waals surface area contributed by atoms with Gasteiger partial charge in [0.15, 0.2) is 0 Å². The summed E-state index contributed by atoms with van der Waals surface area (Å²) < 4.78 is 5.43. The monoisotopic (exact) mass is 197 g/mol. The van der Waals surface area contributed by atoms with Crippen LogP contribution >= 0.6 is 23.1 Å². The summed E-state index contributed by atoms with van der Waals surface area (Å²) >= 11 is 7.48. The van der Waals surface area contributed by atoms with Crippen LogP contribution in [0.2, 0.25) is 5.02 Å². The smallest absolute Gasteiger partial charge is 0.0590 e. The average molecular weight is 198 g/mol. The molecular formula is C9H8ClNS. The molecular weight excluding hydrogens is 190 g/mol. The van der Waals surface area contributed by atoms with Gasteiger partial charge < -0.3 is 0 Å². The topological polar surface area (TPSA) is 12.9 Å². The molecule has 12 heavy (non-hydrogen) atoms. The lowest BCUT2D eigenvalue weighted by Gasteiger charge is -1.96. The molecule has 0 saturated heterocycles. The number of nitrogens with zero attached hydrogens (tertiary/aromatic N) is 1. The van der Waals surface area contributed by atoms with Crippen LogP contribution in [-0.4, -0.2) is 4.37 Å². The van der Waals surface area contributed by atoms with Gasteiger partial charge in [0.1, 0.15) is 0 Å². The zero-order valence-corrected chi connectivity index (χ0v) is 8.46. The molecule has 62 valence electrons. The average Bonchev–Trinajstić information content (AvgIpc) is 2.35. The first-order valence-electron chi connectivity index (χ1n) is 3.70. The summed E-state index contributed by atoms with van der Waals surface area (Å²) in [5.74, 6) is 0. The van der Waals surface area contributed by atoms with E-state index in [1.54, 1.807) is 0 Å². The Labute approximate surface area is 80.1 Å². The molecule has 1 heterocycles. The van der Waals surface area contributed by atoms with Gasteiger partial charge in [0.25, 0.3) is 0 Å². The summed E-state index contributed by atoms with van der Waals surface area (Å²) in [6.07, 6.45) is 0. The number of aryl methyl sites for hydroxylation is 2. The van der Waals surface area contributed by atoms with E-state index >= 15 is 0 Å². The van der Waals surface area contributed by atoms with Crippen molar-refractivity contribution in [1.82, 2.24) is 4.37 Å². The van der Waals surface area contributed by atoms with E-state index in [0.29, 0.717) is 0 Å². The molecule has 1 nitrogen and oxygen atoms in total. The number of rotatable bonds is 0. The highest BCUT2D eigenvalue weighted by atomic mass is 35.5. The molecule has 0 bridgehead atoms. The number of halogens is 1. The van der Waals surface area contributed by atoms with Gasteiger partial charge in [-0.2, -0.15) is 4.37 Å². The predicted octanol–water partition coefficient (Wildman–Crippen LogP) is 3.57. The van der Waals surface area contributed by atoms with Crippen molar-refractivity contribution in [2.75, 3.05) is 0 Å². The van der Waals surface area contributed by atoms with Crippen LogP contribution in [0, 0.1) is 13.8 Å². The number of benzene rings is 1. The second-order valence-corrected chi connectivity index (χ2v) is 4.08. The summed E-state index contributed by atoms with van der Waals surface area (Å²) in [6, 6.07) is 4.08. The van der Waals surface area contributed by atoms with E-state index in [1.807, 2.05) is 19.9 Å². The van der Waals surface area contributed by atoms with Crippen LogP contribution in [0.1, 0.15) is 11.3 Å². The Morgan fingerprint density at radius 1 is 1.33 bits per heavy atom. The number of hydrogen-bond donors (Lipinski definition) is 0. The maximum absolute atomic E-state index is 5.98. The lowest BCUT2D eigenvalue weighted by molar-refractivity contribution is 1.37. The summed E-state index contributed by atoms with van der Waals surface area (Å²) in [5.41, 5.74) is 2.21. The molecule has 0 fully saturated rings. The molecule has 0 atom stereocenters. The van der Waals surface area contributed by atoms with Crippen LogP contribution < -0.4 is 0 Å². The van der Waals surface area contributed by atoms with Crippen LogP contribution in [0.15, 0.2) is 12.1 Å². The second kappa shape index (κ2) is 2.71. The van der Waals surface area contributed by atoms with E-state index < -0.39 is 0 Å². The maximum Gasteiger partial charge on any atom is 0.0590 e. The Morgan fingerprint density at radius 3 is 2.83 bits per heavy atom. The highest BCUT2D eigenvalue weighted by Gasteiger charge is 2.04. The highest BCUT2D eigenvalue weighted by molar-refractivity contribution is 7.13. The van der Waals surface area contributed by atoms with Crippen LogP contribution in [0.3, 0.4) is 0 Å². The van der Waals surface area contributed by atoms with Gasteiger partial charge in [0.05, 0.1) is 10.4 Å². The van der Waals surface area contributed by atoms with E-state index in [0.717, 1.165) is 16.3 Å². The maximum atomic E-state index is 5.98. The minimum absolute atomic E-state index is 0.825. The van der Waals surface area contributed by atoms with Crippen LogP contribution in [0.25, 0.3) is 10.1 Å². The zero-order chi connectivity index (χ0) is 8.72. The molecule has 0 aliphatic heterocycles. The van der Waals surface area contributed by atoms with Gasteiger partial charge in [0, 0.05) is 10.4 Å². The molecule has 2 aromatic rings. The van der Waals surface area contributed by atoms with Crippen molar-refractivity contribution in [2.45, 2.75) is 13.8 Å². The number of hydrogen-bond acceptors (Lipinski definition) is 2. The summed E-state index contributed by atoms with van der Waals surface area (Å²) in [6.45, 7) is 4.03. The lowest BCUT2D eigenvalue weighted by atomic mass is 10.1. The quantitative estimate of drug-likeness (QED) is 0.629. The van der Waals surface area contributed by atoms with Gasteiger partial charge in [-0.05, 0) is 43.1 Å². The van der Waals surface area contributed by atoms with Crippen molar-refractivity contribution in [3.05, 3.63) is 28.4 Å². The van der Waals surface area contributed by atoms with E-state index in [-0.39, 0.29) is 0 Å². The second-order valence-electron chi connectivity index (χ2n) is 2.87. The van der Waals surface area contributed by atoms with E-state index in [4.69, 9.17) is 11.6 Å². The third kappa shape index (κ3) is 1.11. The fraction of sp³-hybridized carbons (Fsp3) is 0.222. The van der Waals surface area contributed by atoms with Crippen molar-refractivity contribution in [1.29, 1.82) is 0 Å². The van der Waals surface area contributed by atoms with Crippen LogP contribution in [-0.2, 0) is 0 Å². The minimum Gasteiger partial charge on any atom is -0.197 e. The molecule has 0 spiro atoms. The normalized spacial score (nSPS) is 10.9. The fourth-order valence-electron chi connectivity index (χ4n) is 1.19. The molecule has 0 amide bonds. The van der Waals surface area contributed by atoms with Crippen LogP contribution in [0.5, 0.6) is 0 Å². The first kappa shape index (κ1) is 8.02. The third-order valence-electron chi connectivity index (χ3n) is 1.93. The Kier molecular flexibility index (Phi) is 1.81. The molecule has 3 heteroatoms. The Hall–Kier alpha value is -0.600. The summed E-state index contributed by atoms with van der Waals surface area (Å²) in [7, 11) is 0. The molecule has 2 rings (SSSR count). The van der Waals surface area contributed by atoms with Crippen molar-refractivity contribution in [3.8, 4) is 0 Å². The molecule has 0 aliphatic rings. The van der Waals surface area contributed by atoms with Crippen molar-refractivity contribution < 1.29 is 0 Å². The van der Waals surface area contributed by atoms with Gasteiger partial charge in [-0.25, -0.2) is 0 Å². The predicted molar refractivity (Wildman–Crippen MR) is 54.1 cm³/mol. The van der Waals surface area contributed by atoms with Crippen molar-refractivity contribution >= 4 is 33.2 Å². The summed E-state index contributed by atoms with van der Waals surface area (Å²) in [4.78, 5) is 0. The molecule has 0 aliphatic carbocycles. The Morgan fingerprint density at radius 2 is 2.08 bits per heavy atom. The molecule has 1 aromatic heterocycles.